The van der Waals surface area contributed by atoms with Crippen molar-refractivity contribution >= 4 is 17.2 Å². The standard InChI is InChI=1S/C19H23N3/c1-19(2)14-8-4-6-10-16(14)22(13-12-18(20)21-3)17-11-7-5-9-15(17)19/h4-11H,12-13H2,1-3H3,(H2,20,21). The zero-order valence-electron chi connectivity index (χ0n) is 13.5. The van der Waals surface area contributed by atoms with Crippen molar-refractivity contribution < 1.29 is 0 Å². The molecule has 1 aliphatic rings. The van der Waals surface area contributed by atoms with E-state index in [1.165, 1.54) is 22.5 Å². The summed E-state index contributed by atoms with van der Waals surface area (Å²) in [5.74, 6) is 0.694. The Labute approximate surface area is 132 Å². The molecule has 2 aromatic rings. The van der Waals surface area contributed by atoms with Crippen LogP contribution in [0.4, 0.5) is 11.4 Å². The lowest BCUT2D eigenvalue weighted by atomic mass is 9.73. The average molecular weight is 293 g/mol. The van der Waals surface area contributed by atoms with Crippen molar-refractivity contribution in [3.63, 3.8) is 0 Å². The van der Waals surface area contributed by atoms with Gasteiger partial charge in [0, 0.05) is 36.8 Å². The van der Waals surface area contributed by atoms with Crippen LogP contribution in [0, 0.1) is 0 Å². The van der Waals surface area contributed by atoms with E-state index in [2.05, 4.69) is 72.3 Å². The van der Waals surface area contributed by atoms with Gasteiger partial charge in [0.05, 0.1) is 5.84 Å². The first-order valence-electron chi connectivity index (χ1n) is 7.73. The molecular formula is C19H23N3. The fourth-order valence-corrected chi connectivity index (χ4v) is 3.33. The second kappa shape index (κ2) is 5.48. The van der Waals surface area contributed by atoms with E-state index in [9.17, 15) is 0 Å². The van der Waals surface area contributed by atoms with Crippen LogP contribution in [0.5, 0.6) is 0 Å². The molecule has 0 saturated heterocycles. The van der Waals surface area contributed by atoms with Crippen LogP contribution in [0.3, 0.4) is 0 Å². The predicted octanol–water partition coefficient (Wildman–Crippen LogP) is 3.84. The Kier molecular flexibility index (Phi) is 3.65. The molecule has 114 valence electrons. The Morgan fingerprint density at radius 3 is 2.00 bits per heavy atom. The van der Waals surface area contributed by atoms with E-state index in [1.54, 1.807) is 7.05 Å². The number of amidine groups is 1. The predicted molar refractivity (Wildman–Crippen MR) is 94.2 cm³/mol. The first kappa shape index (κ1) is 14.6. The molecule has 2 N–H and O–H groups in total. The number of benzene rings is 2. The van der Waals surface area contributed by atoms with Crippen molar-refractivity contribution in [3.05, 3.63) is 59.7 Å². The van der Waals surface area contributed by atoms with Crippen LogP contribution in [-0.4, -0.2) is 19.4 Å². The summed E-state index contributed by atoms with van der Waals surface area (Å²) < 4.78 is 0. The van der Waals surface area contributed by atoms with Crippen LogP contribution in [0.25, 0.3) is 0 Å². The Bertz CT molecular complexity index is 667. The number of nitrogens with two attached hydrogens (primary N) is 1. The van der Waals surface area contributed by atoms with Gasteiger partial charge in [-0.1, -0.05) is 50.2 Å². The highest BCUT2D eigenvalue weighted by molar-refractivity contribution is 5.83. The second-order valence-electron chi connectivity index (χ2n) is 6.28. The van der Waals surface area contributed by atoms with Crippen molar-refractivity contribution in [2.75, 3.05) is 18.5 Å². The number of nitrogens with zero attached hydrogens (tertiary/aromatic N) is 2. The van der Waals surface area contributed by atoms with Gasteiger partial charge in [0.15, 0.2) is 0 Å². The quantitative estimate of drug-likeness (QED) is 0.690. The number of para-hydroxylation sites is 2. The number of rotatable bonds is 3. The Morgan fingerprint density at radius 2 is 1.50 bits per heavy atom. The fraction of sp³-hybridized carbons (Fsp3) is 0.316. The summed E-state index contributed by atoms with van der Waals surface area (Å²) >= 11 is 0. The zero-order chi connectivity index (χ0) is 15.7. The van der Waals surface area contributed by atoms with Gasteiger partial charge in [0.1, 0.15) is 0 Å². The molecule has 1 aliphatic heterocycles. The van der Waals surface area contributed by atoms with Crippen molar-refractivity contribution in [2.45, 2.75) is 25.7 Å². The van der Waals surface area contributed by atoms with Crippen LogP contribution < -0.4 is 10.6 Å². The SMILES string of the molecule is CN=C(N)CCN1c2ccccc2C(C)(C)c2ccccc21. The second-order valence-corrected chi connectivity index (χ2v) is 6.28. The van der Waals surface area contributed by atoms with Crippen molar-refractivity contribution in [3.8, 4) is 0 Å². The number of anilines is 2. The minimum atomic E-state index is 0.00801. The summed E-state index contributed by atoms with van der Waals surface area (Å²) in [4.78, 5) is 6.45. The number of hydrogen-bond donors (Lipinski definition) is 1. The van der Waals surface area contributed by atoms with E-state index in [0.717, 1.165) is 13.0 Å². The molecule has 2 aromatic carbocycles. The van der Waals surface area contributed by atoms with Crippen LogP contribution in [-0.2, 0) is 5.41 Å². The third-order valence-electron chi connectivity index (χ3n) is 4.62. The highest BCUT2D eigenvalue weighted by Crippen LogP contribution is 2.48. The van der Waals surface area contributed by atoms with E-state index < -0.39 is 0 Å². The molecule has 0 aromatic heterocycles. The highest BCUT2D eigenvalue weighted by atomic mass is 15.2. The maximum Gasteiger partial charge on any atom is 0.0951 e. The topological polar surface area (TPSA) is 41.6 Å². The maximum atomic E-state index is 5.91. The normalized spacial score (nSPS) is 16.1. The maximum absolute atomic E-state index is 5.91. The number of aliphatic imine (C=N–C) groups is 1. The molecule has 0 saturated carbocycles. The molecule has 0 bridgehead atoms. The molecule has 0 radical (unpaired) electrons. The van der Waals surface area contributed by atoms with Gasteiger partial charge in [0.25, 0.3) is 0 Å². The smallest absolute Gasteiger partial charge is 0.0951 e. The third-order valence-corrected chi connectivity index (χ3v) is 4.62. The molecule has 1 heterocycles. The van der Waals surface area contributed by atoms with Gasteiger partial charge >= 0.3 is 0 Å². The van der Waals surface area contributed by atoms with Crippen LogP contribution in [0.2, 0.25) is 0 Å². The molecule has 0 amide bonds. The molecular weight excluding hydrogens is 270 g/mol. The monoisotopic (exact) mass is 293 g/mol. The minimum absolute atomic E-state index is 0.00801. The summed E-state index contributed by atoms with van der Waals surface area (Å²) in [5.41, 5.74) is 11.2. The third kappa shape index (κ3) is 2.27. The van der Waals surface area contributed by atoms with Gasteiger partial charge < -0.3 is 10.6 Å². The van der Waals surface area contributed by atoms with Crippen LogP contribution >= 0.6 is 0 Å². The van der Waals surface area contributed by atoms with Crippen molar-refractivity contribution in [2.24, 2.45) is 10.7 Å². The lowest BCUT2D eigenvalue weighted by Gasteiger charge is -2.42. The fourth-order valence-electron chi connectivity index (χ4n) is 3.33. The highest BCUT2D eigenvalue weighted by Gasteiger charge is 2.35. The molecule has 22 heavy (non-hydrogen) atoms. The molecule has 3 heteroatoms. The van der Waals surface area contributed by atoms with E-state index in [-0.39, 0.29) is 5.41 Å². The Hall–Kier alpha value is -2.29. The largest absolute Gasteiger partial charge is 0.387 e. The molecule has 0 atom stereocenters. The number of fused-ring (bicyclic) bond motifs is 2. The first-order chi connectivity index (χ1) is 10.6. The van der Waals surface area contributed by atoms with E-state index in [4.69, 9.17) is 5.73 Å². The van der Waals surface area contributed by atoms with Gasteiger partial charge in [-0.25, -0.2) is 0 Å². The Balaban J connectivity index is 2.11. The van der Waals surface area contributed by atoms with Gasteiger partial charge in [0.2, 0.25) is 0 Å². The average Bonchev–Trinajstić information content (AvgIpc) is 2.55. The molecule has 0 aliphatic carbocycles. The lowest BCUT2D eigenvalue weighted by Crippen LogP contribution is -2.34. The summed E-state index contributed by atoms with van der Waals surface area (Å²) in [6.45, 7) is 5.43. The summed E-state index contributed by atoms with van der Waals surface area (Å²) in [7, 11) is 1.75. The van der Waals surface area contributed by atoms with E-state index in [1.807, 2.05) is 0 Å². The summed E-state index contributed by atoms with van der Waals surface area (Å²) in [5, 5.41) is 0. The lowest BCUT2D eigenvalue weighted by molar-refractivity contribution is 0.624. The zero-order valence-corrected chi connectivity index (χ0v) is 13.5. The molecule has 3 nitrogen and oxygen atoms in total. The summed E-state index contributed by atoms with van der Waals surface area (Å²) in [6, 6.07) is 17.3. The molecule has 0 unspecified atom stereocenters. The molecule has 0 fully saturated rings. The van der Waals surface area contributed by atoms with Crippen molar-refractivity contribution in [1.29, 1.82) is 0 Å². The van der Waals surface area contributed by atoms with E-state index in [0.29, 0.717) is 5.84 Å². The first-order valence-corrected chi connectivity index (χ1v) is 7.73. The van der Waals surface area contributed by atoms with Crippen LogP contribution in [0.1, 0.15) is 31.4 Å². The molecule has 3 rings (SSSR count). The van der Waals surface area contributed by atoms with Gasteiger partial charge in [-0.3, -0.25) is 4.99 Å². The number of hydrogen-bond acceptors (Lipinski definition) is 2. The molecule has 0 spiro atoms. The van der Waals surface area contributed by atoms with Gasteiger partial charge in [-0.15, -0.1) is 0 Å². The minimum Gasteiger partial charge on any atom is -0.387 e. The van der Waals surface area contributed by atoms with Crippen molar-refractivity contribution in [1.82, 2.24) is 0 Å². The van der Waals surface area contributed by atoms with Gasteiger partial charge in [-0.2, -0.15) is 0 Å². The Morgan fingerprint density at radius 1 is 1.00 bits per heavy atom. The van der Waals surface area contributed by atoms with Crippen LogP contribution in [0.15, 0.2) is 53.5 Å². The van der Waals surface area contributed by atoms with Gasteiger partial charge in [-0.05, 0) is 23.3 Å². The summed E-state index contributed by atoms with van der Waals surface area (Å²) in [6.07, 6.45) is 0.763. The van der Waals surface area contributed by atoms with E-state index >= 15 is 0 Å².